The minimum absolute atomic E-state index is 0.202. The molecule has 1 unspecified atom stereocenters. The van der Waals surface area contributed by atoms with E-state index in [-0.39, 0.29) is 11.8 Å². The van der Waals surface area contributed by atoms with Crippen molar-refractivity contribution < 1.29 is 9.47 Å². The highest BCUT2D eigenvalue weighted by Gasteiger charge is 2.17. The number of pyridine rings is 1. The summed E-state index contributed by atoms with van der Waals surface area (Å²) in [6.45, 7) is 2.97. The first-order valence-corrected chi connectivity index (χ1v) is 7.47. The molecule has 2 aromatic heterocycles. The molecule has 3 heterocycles. The molecule has 2 aromatic rings. The van der Waals surface area contributed by atoms with Crippen molar-refractivity contribution in [2.45, 2.75) is 39.0 Å². The molecule has 22 heavy (non-hydrogen) atoms. The zero-order chi connectivity index (χ0) is 15.4. The summed E-state index contributed by atoms with van der Waals surface area (Å²) >= 11 is 0. The monoisotopic (exact) mass is 301 g/mol. The standard InChI is InChI=1S/C16H19N3O3/c1-12-5-6-13(9-17-12)11-22-14-8-15(20)19(18-10-14)16-4-2-3-7-21-16/h5-6,8-10,16H,2-4,7,11H2,1H3. The van der Waals surface area contributed by atoms with Crippen LogP contribution in [0.25, 0.3) is 0 Å². The average molecular weight is 301 g/mol. The number of nitrogens with zero attached hydrogens (tertiary/aromatic N) is 3. The van der Waals surface area contributed by atoms with Gasteiger partial charge in [-0.25, -0.2) is 4.68 Å². The zero-order valence-electron chi connectivity index (χ0n) is 12.6. The van der Waals surface area contributed by atoms with Crippen molar-refractivity contribution in [3.8, 4) is 5.75 Å². The van der Waals surface area contributed by atoms with Gasteiger partial charge in [0.05, 0.1) is 6.20 Å². The quantitative estimate of drug-likeness (QED) is 0.866. The number of aromatic nitrogens is 3. The Labute approximate surface area is 128 Å². The fraction of sp³-hybridized carbons (Fsp3) is 0.438. The molecule has 0 aromatic carbocycles. The second-order valence-corrected chi connectivity index (χ2v) is 5.39. The highest BCUT2D eigenvalue weighted by Crippen LogP contribution is 2.20. The van der Waals surface area contributed by atoms with Crippen molar-refractivity contribution >= 4 is 0 Å². The Morgan fingerprint density at radius 2 is 2.27 bits per heavy atom. The average Bonchev–Trinajstić information content (AvgIpc) is 2.55. The third kappa shape index (κ3) is 3.51. The fourth-order valence-corrected chi connectivity index (χ4v) is 2.36. The lowest BCUT2D eigenvalue weighted by Crippen LogP contribution is -2.30. The first-order valence-electron chi connectivity index (χ1n) is 7.47. The predicted molar refractivity (Wildman–Crippen MR) is 80.6 cm³/mol. The van der Waals surface area contributed by atoms with Gasteiger partial charge >= 0.3 is 0 Å². The van der Waals surface area contributed by atoms with Crippen LogP contribution in [0.5, 0.6) is 5.75 Å². The maximum atomic E-state index is 12.1. The zero-order valence-corrected chi connectivity index (χ0v) is 12.6. The van der Waals surface area contributed by atoms with Gasteiger partial charge in [-0.3, -0.25) is 9.78 Å². The van der Waals surface area contributed by atoms with Crippen LogP contribution in [0.4, 0.5) is 0 Å². The van der Waals surface area contributed by atoms with E-state index in [0.717, 1.165) is 30.5 Å². The van der Waals surface area contributed by atoms with Crippen LogP contribution < -0.4 is 10.3 Å². The first kappa shape index (κ1) is 14.7. The molecule has 0 bridgehead atoms. The molecule has 1 atom stereocenters. The minimum atomic E-state index is -0.253. The summed E-state index contributed by atoms with van der Waals surface area (Å²) in [5.74, 6) is 0.456. The van der Waals surface area contributed by atoms with Crippen LogP contribution in [-0.2, 0) is 11.3 Å². The Kier molecular flexibility index (Phi) is 4.48. The minimum Gasteiger partial charge on any atom is -0.487 e. The maximum absolute atomic E-state index is 12.1. The van der Waals surface area contributed by atoms with Crippen LogP contribution >= 0.6 is 0 Å². The topological polar surface area (TPSA) is 66.2 Å². The molecule has 0 aliphatic carbocycles. The van der Waals surface area contributed by atoms with Crippen LogP contribution in [-0.4, -0.2) is 21.4 Å². The first-order chi connectivity index (χ1) is 10.7. The van der Waals surface area contributed by atoms with Crippen LogP contribution in [0.15, 0.2) is 35.4 Å². The normalized spacial score (nSPS) is 18.1. The second-order valence-electron chi connectivity index (χ2n) is 5.39. The second kappa shape index (κ2) is 6.70. The Morgan fingerprint density at radius 1 is 1.36 bits per heavy atom. The van der Waals surface area contributed by atoms with E-state index in [1.165, 1.54) is 10.7 Å². The molecule has 0 N–H and O–H groups in total. The van der Waals surface area contributed by atoms with Crippen molar-refractivity contribution in [2.24, 2.45) is 0 Å². The van der Waals surface area contributed by atoms with Gasteiger partial charge in [-0.1, -0.05) is 6.07 Å². The summed E-state index contributed by atoms with van der Waals surface area (Å²) in [4.78, 5) is 16.3. The van der Waals surface area contributed by atoms with E-state index in [9.17, 15) is 4.79 Å². The van der Waals surface area contributed by atoms with E-state index >= 15 is 0 Å². The third-order valence-electron chi connectivity index (χ3n) is 3.61. The van der Waals surface area contributed by atoms with E-state index in [1.54, 1.807) is 12.4 Å². The summed E-state index contributed by atoms with van der Waals surface area (Å²) in [5.41, 5.74) is 1.71. The molecule has 1 aliphatic rings. The lowest BCUT2D eigenvalue weighted by atomic mass is 10.2. The molecular weight excluding hydrogens is 282 g/mol. The molecule has 6 nitrogen and oxygen atoms in total. The van der Waals surface area contributed by atoms with E-state index in [2.05, 4.69) is 10.1 Å². The van der Waals surface area contributed by atoms with Gasteiger partial charge in [0.1, 0.15) is 12.4 Å². The lowest BCUT2D eigenvalue weighted by Gasteiger charge is -2.23. The molecule has 6 heteroatoms. The highest BCUT2D eigenvalue weighted by molar-refractivity contribution is 5.17. The summed E-state index contributed by atoms with van der Waals surface area (Å²) in [6.07, 6.45) is 5.98. The van der Waals surface area contributed by atoms with Crippen molar-refractivity contribution in [1.29, 1.82) is 0 Å². The Hall–Kier alpha value is -2.21. The smallest absolute Gasteiger partial charge is 0.272 e. The van der Waals surface area contributed by atoms with Gasteiger partial charge in [-0.15, -0.1) is 0 Å². The van der Waals surface area contributed by atoms with Gasteiger partial charge in [-0.05, 0) is 32.3 Å². The molecule has 3 rings (SSSR count). The maximum Gasteiger partial charge on any atom is 0.272 e. The van der Waals surface area contributed by atoms with Gasteiger partial charge in [0.2, 0.25) is 0 Å². The van der Waals surface area contributed by atoms with Crippen molar-refractivity contribution in [2.75, 3.05) is 6.61 Å². The van der Waals surface area contributed by atoms with Crippen molar-refractivity contribution in [3.63, 3.8) is 0 Å². The van der Waals surface area contributed by atoms with Gasteiger partial charge < -0.3 is 9.47 Å². The SMILES string of the molecule is Cc1ccc(COc2cnn(C3CCCCO3)c(=O)c2)cn1. The van der Waals surface area contributed by atoms with Crippen molar-refractivity contribution in [3.05, 3.63) is 52.2 Å². The number of aryl methyl sites for hydroxylation is 1. The largest absolute Gasteiger partial charge is 0.487 e. The van der Waals surface area contributed by atoms with Gasteiger partial charge in [-0.2, -0.15) is 5.10 Å². The summed E-state index contributed by atoms with van der Waals surface area (Å²) < 4.78 is 12.6. The third-order valence-corrected chi connectivity index (χ3v) is 3.61. The lowest BCUT2D eigenvalue weighted by molar-refractivity contribution is -0.0426. The molecule has 0 saturated carbocycles. The van der Waals surface area contributed by atoms with Gasteiger partial charge in [0.25, 0.3) is 5.56 Å². The summed E-state index contributed by atoms with van der Waals surface area (Å²) in [5, 5.41) is 4.17. The van der Waals surface area contributed by atoms with Crippen LogP contribution in [0.3, 0.4) is 0 Å². The summed E-state index contributed by atoms with van der Waals surface area (Å²) in [7, 11) is 0. The van der Waals surface area contributed by atoms with E-state index < -0.39 is 0 Å². The van der Waals surface area contributed by atoms with Crippen molar-refractivity contribution in [1.82, 2.24) is 14.8 Å². The fourth-order valence-electron chi connectivity index (χ4n) is 2.36. The molecule has 1 aliphatic heterocycles. The molecule has 0 radical (unpaired) electrons. The molecular formula is C16H19N3O3. The highest BCUT2D eigenvalue weighted by atomic mass is 16.5. The number of hydrogen-bond donors (Lipinski definition) is 0. The van der Waals surface area contributed by atoms with Crippen LogP contribution in [0, 0.1) is 6.92 Å². The van der Waals surface area contributed by atoms with Gasteiger partial charge in [0.15, 0.2) is 6.23 Å². The Balaban J connectivity index is 1.66. The summed E-state index contributed by atoms with van der Waals surface area (Å²) in [6, 6.07) is 5.33. The molecule has 116 valence electrons. The molecule has 1 fully saturated rings. The number of rotatable bonds is 4. The molecule has 0 spiro atoms. The van der Waals surface area contributed by atoms with Crippen LogP contribution in [0.1, 0.15) is 36.7 Å². The predicted octanol–water partition coefficient (Wildman–Crippen LogP) is 2.22. The number of ether oxygens (including phenoxy) is 2. The van der Waals surface area contributed by atoms with Gasteiger partial charge in [0, 0.05) is 30.1 Å². The Morgan fingerprint density at radius 3 is 2.95 bits per heavy atom. The van der Waals surface area contributed by atoms with Crippen LogP contribution in [0.2, 0.25) is 0 Å². The molecule has 0 amide bonds. The van der Waals surface area contributed by atoms with E-state index in [0.29, 0.717) is 19.0 Å². The molecule has 1 saturated heterocycles. The Bertz CT molecular complexity index is 676. The number of hydrogen-bond acceptors (Lipinski definition) is 5. The van der Waals surface area contributed by atoms with E-state index in [1.807, 2.05) is 19.1 Å². The van der Waals surface area contributed by atoms with E-state index in [4.69, 9.17) is 9.47 Å².